The molecule has 0 radical (unpaired) electrons. The first kappa shape index (κ1) is 10.3. The molecule has 0 saturated heterocycles. The van der Waals surface area contributed by atoms with Crippen LogP contribution in [-0.4, -0.2) is 11.6 Å². The molecule has 0 N–H and O–H groups in total. The molecule has 1 unspecified atom stereocenters. The molecule has 0 fully saturated rings. The molecule has 0 bridgehead atoms. The fraction of sp³-hybridized carbons (Fsp3) is 0.538. The zero-order chi connectivity index (χ0) is 11.2. The van der Waals surface area contributed by atoms with Crippen molar-refractivity contribution in [2.24, 2.45) is 5.92 Å². The second-order valence-electron chi connectivity index (χ2n) is 4.61. The van der Waals surface area contributed by atoms with E-state index < -0.39 is 0 Å². The third-order valence-corrected chi connectivity index (χ3v) is 3.71. The van der Waals surface area contributed by atoms with Crippen molar-refractivity contribution in [3.05, 3.63) is 22.3 Å². The predicted octanol–water partition coefficient (Wildman–Crippen LogP) is 2.59. The van der Waals surface area contributed by atoms with Crippen LogP contribution in [0.1, 0.15) is 40.0 Å². The highest BCUT2D eigenvalue weighted by Crippen LogP contribution is 2.43. The van der Waals surface area contributed by atoms with Crippen molar-refractivity contribution >= 4 is 11.6 Å². The number of carbonyl (C=O) groups excluding carboxylic acids is 2. The van der Waals surface area contributed by atoms with Gasteiger partial charge >= 0.3 is 0 Å². The van der Waals surface area contributed by atoms with Gasteiger partial charge in [0.2, 0.25) is 0 Å². The van der Waals surface area contributed by atoms with Crippen LogP contribution in [0.25, 0.3) is 0 Å². The molecule has 2 rings (SSSR count). The van der Waals surface area contributed by atoms with E-state index in [1.54, 1.807) is 6.92 Å². The van der Waals surface area contributed by atoms with E-state index in [0.717, 1.165) is 30.4 Å². The summed E-state index contributed by atoms with van der Waals surface area (Å²) in [7, 11) is 0. The molecule has 80 valence electrons. The number of carbonyl (C=O) groups is 2. The minimum Gasteiger partial charge on any atom is -0.295 e. The Kier molecular flexibility index (Phi) is 2.37. The second kappa shape index (κ2) is 3.44. The van der Waals surface area contributed by atoms with E-state index in [9.17, 15) is 9.59 Å². The maximum atomic E-state index is 12.0. The summed E-state index contributed by atoms with van der Waals surface area (Å²) < 4.78 is 0. The molecule has 0 aromatic carbocycles. The van der Waals surface area contributed by atoms with Gasteiger partial charge in [-0.3, -0.25) is 9.59 Å². The van der Waals surface area contributed by atoms with Crippen LogP contribution in [0.5, 0.6) is 0 Å². The molecule has 15 heavy (non-hydrogen) atoms. The van der Waals surface area contributed by atoms with Crippen LogP contribution in [0.2, 0.25) is 0 Å². The molecule has 1 atom stereocenters. The summed E-state index contributed by atoms with van der Waals surface area (Å²) >= 11 is 0. The van der Waals surface area contributed by atoms with Gasteiger partial charge < -0.3 is 0 Å². The van der Waals surface area contributed by atoms with E-state index in [1.807, 2.05) is 0 Å². The summed E-state index contributed by atoms with van der Waals surface area (Å²) in [6.45, 7) is 5.46. The summed E-state index contributed by atoms with van der Waals surface area (Å²) in [6, 6.07) is 0. The number of rotatable bonds is 1. The van der Waals surface area contributed by atoms with Gasteiger partial charge in [-0.1, -0.05) is 12.5 Å². The minimum atomic E-state index is 0.0205. The lowest BCUT2D eigenvalue weighted by molar-refractivity contribution is -0.115. The van der Waals surface area contributed by atoms with Crippen LogP contribution in [0.3, 0.4) is 0 Å². The first-order valence-electron chi connectivity index (χ1n) is 5.49. The summed E-state index contributed by atoms with van der Waals surface area (Å²) in [6.07, 6.45) is 2.73. The molecule has 0 amide bonds. The molecule has 0 spiro atoms. The molecular weight excluding hydrogens is 188 g/mol. The molecule has 0 aromatic heterocycles. The summed E-state index contributed by atoms with van der Waals surface area (Å²) in [5.74, 6) is 0.690. The minimum absolute atomic E-state index is 0.0205. The lowest BCUT2D eigenvalue weighted by atomic mass is 9.95. The number of allylic oxidation sites excluding steroid dienone is 4. The monoisotopic (exact) mass is 204 g/mol. The van der Waals surface area contributed by atoms with Gasteiger partial charge in [0.1, 0.15) is 0 Å². The van der Waals surface area contributed by atoms with Crippen LogP contribution in [0.4, 0.5) is 0 Å². The molecule has 2 heteroatoms. The lowest BCUT2D eigenvalue weighted by Crippen LogP contribution is -2.06. The number of hydrogen-bond acceptors (Lipinski definition) is 2. The van der Waals surface area contributed by atoms with E-state index in [-0.39, 0.29) is 11.6 Å². The predicted molar refractivity (Wildman–Crippen MR) is 58.4 cm³/mol. The van der Waals surface area contributed by atoms with Crippen molar-refractivity contribution in [3.8, 4) is 0 Å². The summed E-state index contributed by atoms with van der Waals surface area (Å²) in [4.78, 5) is 23.3. The molecule has 2 nitrogen and oxygen atoms in total. The van der Waals surface area contributed by atoms with Gasteiger partial charge in [-0.15, -0.1) is 0 Å². The maximum absolute atomic E-state index is 12.0. The highest BCUT2D eigenvalue weighted by Gasteiger charge is 2.35. The largest absolute Gasteiger partial charge is 0.295 e. The van der Waals surface area contributed by atoms with Crippen LogP contribution >= 0.6 is 0 Å². The highest BCUT2D eigenvalue weighted by molar-refractivity contribution is 6.16. The SMILES string of the molecule is CC(=O)/C(C)=C1/CC2=C(CCC2C)C1=O. The Morgan fingerprint density at radius 3 is 2.53 bits per heavy atom. The Balaban J connectivity index is 2.37. The fourth-order valence-corrected chi connectivity index (χ4v) is 2.50. The van der Waals surface area contributed by atoms with E-state index >= 15 is 0 Å². The smallest absolute Gasteiger partial charge is 0.185 e. The van der Waals surface area contributed by atoms with Crippen molar-refractivity contribution in [2.75, 3.05) is 0 Å². The molecule has 0 saturated carbocycles. The van der Waals surface area contributed by atoms with Gasteiger partial charge in [0.05, 0.1) is 0 Å². The Bertz CT molecular complexity index is 410. The van der Waals surface area contributed by atoms with Gasteiger partial charge in [-0.2, -0.15) is 0 Å². The standard InChI is InChI=1S/C13H16O2/c1-7-4-5-10-11(7)6-12(13(10)15)8(2)9(3)14/h7H,4-6H2,1-3H3/b12-8-. The summed E-state index contributed by atoms with van der Waals surface area (Å²) in [5, 5.41) is 0. The fourth-order valence-electron chi connectivity index (χ4n) is 2.50. The number of ketones is 2. The van der Waals surface area contributed by atoms with Crippen molar-refractivity contribution < 1.29 is 9.59 Å². The first-order valence-corrected chi connectivity index (χ1v) is 5.49. The van der Waals surface area contributed by atoms with Crippen molar-refractivity contribution in [2.45, 2.75) is 40.0 Å². The molecular formula is C13H16O2. The van der Waals surface area contributed by atoms with Crippen molar-refractivity contribution in [1.82, 2.24) is 0 Å². The van der Waals surface area contributed by atoms with Gasteiger partial charge in [-0.05, 0) is 50.2 Å². The molecule has 0 aliphatic heterocycles. The molecule has 2 aliphatic carbocycles. The van der Waals surface area contributed by atoms with E-state index in [4.69, 9.17) is 0 Å². The Hall–Kier alpha value is -1.18. The average Bonchev–Trinajstić information content (AvgIpc) is 2.68. The first-order chi connectivity index (χ1) is 7.02. The quantitative estimate of drug-likeness (QED) is 0.615. The highest BCUT2D eigenvalue weighted by atomic mass is 16.1. The van der Waals surface area contributed by atoms with Crippen LogP contribution in [-0.2, 0) is 9.59 Å². The second-order valence-corrected chi connectivity index (χ2v) is 4.61. The average molecular weight is 204 g/mol. The number of hydrogen-bond donors (Lipinski definition) is 0. The Morgan fingerprint density at radius 1 is 1.33 bits per heavy atom. The lowest BCUT2D eigenvalue weighted by Gasteiger charge is -2.08. The van der Waals surface area contributed by atoms with Gasteiger partial charge in [0.25, 0.3) is 0 Å². The van der Waals surface area contributed by atoms with Crippen molar-refractivity contribution in [1.29, 1.82) is 0 Å². The molecule has 2 aliphatic rings. The van der Waals surface area contributed by atoms with Gasteiger partial charge in [-0.25, -0.2) is 0 Å². The third kappa shape index (κ3) is 1.48. The third-order valence-electron chi connectivity index (χ3n) is 3.71. The van der Waals surface area contributed by atoms with E-state index in [2.05, 4.69) is 6.92 Å². The van der Waals surface area contributed by atoms with Gasteiger partial charge in [0, 0.05) is 5.57 Å². The number of Topliss-reactive ketones (excluding diaryl/α,β-unsaturated/α-hetero) is 2. The molecule has 0 aromatic rings. The Morgan fingerprint density at radius 2 is 2.00 bits per heavy atom. The zero-order valence-corrected chi connectivity index (χ0v) is 9.52. The normalized spacial score (nSPS) is 28.5. The molecule has 0 heterocycles. The topological polar surface area (TPSA) is 34.1 Å². The maximum Gasteiger partial charge on any atom is 0.185 e. The Labute approximate surface area is 90.1 Å². The van der Waals surface area contributed by atoms with E-state index in [0.29, 0.717) is 11.5 Å². The van der Waals surface area contributed by atoms with Crippen LogP contribution in [0.15, 0.2) is 22.3 Å². The van der Waals surface area contributed by atoms with Gasteiger partial charge in [0.15, 0.2) is 11.6 Å². The summed E-state index contributed by atoms with van der Waals surface area (Å²) in [5.41, 5.74) is 3.69. The van der Waals surface area contributed by atoms with Crippen LogP contribution in [0, 0.1) is 5.92 Å². The van der Waals surface area contributed by atoms with Crippen molar-refractivity contribution in [3.63, 3.8) is 0 Å². The van der Waals surface area contributed by atoms with E-state index in [1.165, 1.54) is 12.5 Å². The van der Waals surface area contributed by atoms with Crippen LogP contribution < -0.4 is 0 Å². The zero-order valence-electron chi connectivity index (χ0n) is 9.52.